The van der Waals surface area contributed by atoms with Gasteiger partial charge in [0.15, 0.2) is 0 Å². The molecular weight excluding hydrogens is 352 g/mol. The number of halogens is 4. The fourth-order valence-electron chi connectivity index (χ4n) is 1.64. The van der Waals surface area contributed by atoms with E-state index in [9.17, 15) is 13.6 Å². The van der Waals surface area contributed by atoms with Crippen LogP contribution in [0.3, 0.4) is 0 Å². The lowest BCUT2D eigenvalue weighted by molar-refractivity contribution is 0.102. The van der Waals surface area contributed by atoms with Crippen LogP contribution in [0.4, 0.5) is 14.5 Å². The van der Waals surface area contributed by atoms with Crippen molar-refractivity contribution in [2.45, 2.75) is 6.92 Å². The van der Waals surface area contributed by atoms with E-state index in [4.69, 9.17) is 11.6 Å². The molecule has 0 spiro atoms. The summed E-state index contributed by atoms with van der Waals surface area (Å²) in [7, 11) is 0. The highest BCUT2D eigenvalue weighted by Crippen LogP contribution is 2.25. The molecule has 0 fully saturated rings. The topological polar surface area (TPSA) is 29.1 Å². The zero-order valence-electron chi connectivity index (χ0n) is 10.3. The Morgan fingerprint density at radius 1 is 1.25 bits per heavy atom. The Kier molecular flexibility index (Phi) is 4.40. The molecule has 0 aliphatic heterocycles. The molecule has 0 bridgehead atoms. The van der Waals surface area contributed by atoms with E-state index in [1.54, 1.807) is 13.0 Å². The van der Waals surface area contributed by atoms with Gasteiger partial charge in [-0.15, -0.1) is 0 Å². The molecule has 0 aliphatic rings. The van der Waals surface area contributed by atoms with Crippen molar-refractivity contribution in [2.75, 3.05) is 5.32 Å². The van der Waals surface area contributed by atoms with Crippen molar-refractivity contribution in [3.8, 4) is 0 Å². The molecule has 0 unspecified atom stereocenters. The van der Waals surface area contributed by atoms with E-state index >= 15 is 0 Å². The first-order chi connectivity index (χ1) is 9.38. The summed E-state index contributed by atoms with van der Waals surface area (Å²) in [6.45, 7) is 1.73. The SMILES string of the molecule is Cc1cc(Br)c(F)cc1NC(=O)c1ccc(F)cc1Cl. The minimum Gasteiger partial charge on any atom is -0.322 e. The smallest absolute Gasteiger partial charge is 0.257 e. The van der Waals surface area contributed by atoms with Crippen molar-refractivity contribution in [1.82, 2.24) is 0 Å². The predicted octanol–water partition coefficient (Wildman–Crippen LogP) is 4.94. The summed E-state index contributed by atoms with van der Waals surface area (Å²) in [5, 5.41) is 2.55. The third-order valence-electron chi connectivity index (χ3n) is 2.69. The molecule has 0 atom stereocenters. The molecule has 2 aromatic rings. The van der Waals surface area contributed by atoms with Crippen LogP contribution in [0, 0.1) is 18.6 Å². The van der Waals surface area contributed by atoms with Gasteiger partial charge in [0.1, 0.15) is 11.6 Å². The van der Waals surface area contributed by atoms with Crippen molar-refractivity contribution in [3.63, 3.8) is 0 Å². The van der Waals surface area contributed by atoms with Crippen LogP contribution in [0.2, 0.25) is 5.02 Å². The average Bonchev–Trinajstić information content (AvgIpc) is 2.35. The van der Waals surface area contributed by atoms with E-state index in [0.29, 0.717) is 15.7 Å². The van der Waals surface area contributed by atoms with Crippen molar-refractivity contribution >= 4 is 39.1 Å². The van der Waals surface area contributed by atoms with Crippen LogP contribution in [0.5, 0.6) is 0 Å². The van der Waals surface area contributed by atoms with Crippen LogP contribution >= 0.6 is 27.5 Å². The Labute approximate surface area is 127 Å². The quantitative estimate of drug-likeness (QED) is 0.807. The molecule has 0 aliphatic carbocycles. The molecule has 2 aromatic carbocycles. The van der Waals surface area contributed by atoms with Crippen LogP contribution in [-0.4, -0.2) is 5.91 Å². The Bertz CT molecular complexity index is 691. The maximum atomic E-state index is 13.5. The minimum absolute atomic E-state index is 0.00210. The number of hydrogen-bond acceptors (Lipinski definition) is 1. The van der Waals surface area contributed by atoms with Crippen molar-refractivity contribution in [2.24, 2.45) is 0 Å². The lowest BCUT2D eigenvalue weighted by Crippen LogP contribution is -2.13. The molecule has 0 saturated carbocycles. The van der Waals surface area contributed by atoms with Crippen LogP contribution in [0.1, 0.15) is 15.9 Å². The molecule has 6 heteroatoms. The highest BCUT2D eigenvalue weighted by molar-refractivity contribution is 9.10. The first-order valence-corrected chi connectivity index (χ1v) is 6.77. The van der Waals surface area contributed by atoms with Gasteiger partial charge in [0.25, 0.3) is 5.91 Å². The highest BCUT2D eigenvalue weighted by atomic mass is 79.9. The maximum Gasteiger partial charge on any atom is 0.257 e. The van der Waals surface area contributed by atoms with Gasteiger partial charge >= 0.3 is 0 Å². The van der Waals surface area contributed by atoms with Gasteiger partial charge in [-0.3, -0.25) is 4.79 Å². The molecule has 2 nitrogen and oxygen atoms in total. The standard InChI is InChI=1S/C14H9BrClF2NO/c1-7-4-10(15)12(18)6-13(7)19-14(20)9-3-2-8(17)5-11(9)16/h2-6H,1H3,(H,19,20). The monoisotopic (exact) mass is 359 g/mol. The summed E-state index contributed by atoms with van der Waals surface area (Å²) in [6, 6.07) is 6.21. The molecular formula is C14H9BrClF2NO. The van der Waals surface area contributed by atoms with Gasteiger partial charge < -0.3 is 5.32 Å². The number of rotatable bonds is 2. The Morgan fingerprint density at radius 3 is 2.60 bits per heavy atom. The number of hydrogen-bond donors (Lipinski definition) is 1. The normalized spacial score (nSPS) is 10.4. The van der Waals surface area contributed by atoms with E-state index in [1.807, 2.05) is 0 Å². The van der Waals surface area contributed by atoms with Crippen molar-refractivity contribution in [1.29, 1.82) is 0 Å². The molecule has 104 valence electrons. The molecule has 0 aromatic heterocycles. The van der Waals surface area contributed by atoms with Gasteiger partial charge in [-0.2, -0.15) is 0 Å². The Hall–Kier alpha value is -1.46. The van der Waals surface area contributed by atoms with E-state index < -0.39 is 17.5 Å². The minimum atomic E-state index is -0.530. The summed E-state index contributed by atoms with van der Waals surface area (Å²) in [5.74, 6) is -1.55. The molecule has 20 heavy (non-hydrogen) atoms. The van der Waals surface area contributed by atoms with Gasteiger partial charge in [-0.25, -0.2) is 8.78 Å². The third-order valence-corrected chi connectivity index (χ3v) is 3.61. The number of aryl methyl sites for hydroxylation is 1. The highest BCUT2D eigenvalue weighted by Gasteiger charge is 2.13. The zero-order chi connectivity index (χ0) is 14.9. The number of carbonyl (C=O) groups is 1. The molecule has 0 saturated heterocycles. The van der Waals surface area contributed by atoms with Crippen molar-refractivity contribution < 1.29 is 13.6 Å². The molecule has 0 radical (unpaired) electrons. The average molecular weight is 361 g/mol. The lowest BCUT2D eigenvalue weighted by Gasteiger charge is -2.10. The summed E-state index contributed by atoms with van der Waals surface area (Å²) >= 11 is 8.86. The summed E-state index contributed by atoms with van der Waals surface area (Å²) < 4.78 is 26.7. The fourth-order valence-corrected chi connectivity index (χ4v) is 2.36. The van der Waals surface area contributed by atoms with Crippen LogP contribution in [0.15, 0.2) is 34.8 Å². The largest absolute Gasteiger partial charge is 0.322 e. The number of carbonyl (C=O) groups excluding carboxylic acids is 1. The second-order valence-corrected chi connectivity index (χ2v) is 5.42. The van der Waals surface area contributed by atoms with E-state index in [0.717, 1.165) is 12.1 Å². The Balaban J connectivity index is 2.30. The molecule has 0 heterocycles. The van der Waals surface area contributed by atoms with Crippen LogP contribution in [0.25, 0.3) is 0 Å². The lowest BCUT2D eigenvalue weighted by atomic mass is 10.1. The summed E-state index contributed by atoms with van der Waals surface area (Å²) in [4.78, 5) is 12.0. The number of nitrogens with one attached hydrogen (secondary N) is 1. The predicted molar refractivity (Wildman–Crippen MR) is 78.2 cm³/mol. The molecule has 1 N–H and O–H groups in total. The fraction of sp³-hybridized carbons (Fsp3) is 0.0714. The van der Waals surface area contributed by atoms with Gasteiger partial charge in [-0.05, 0) is 58.7 Å². The van der Waals surface area contributed by atoms with E-state index in [2.05, 4.69) is 21.2 Å². The van der Waals surface area contributed by atoms with Gasteiger partial charge in [0, 0.05) is 5.69 Å². The number of amides is 1. The first kappa shape index (κ1) is 14.9. The molecule has 1 amide bonds. The van der Waals surface area contributed by atoms with Gasteiger partial charge in [-0.1, -0.05) is 11.6 Å². The third kappa shape index (κ3) is 3.16. The first-order valence-electron chi connectivity index (χ1n) is 5.60. The second kappa shape index (κ2) is 5.89. The summed E-state index contributed by atoms with van der Waals surface area (Å²) in [5.41, 5.74) is 1.14. The van der Waals surface area contributed by atoms with Gasteiger partial charge in [0.2, 0.25) is 0 Å². The summed E-state index contributed by atoms with van der Waals surface area (Å²) in [6.07, 6.45) is 0. The van der Waals surface area contributed by atoms with Crippen LogP contribution < -0.4 is 5.32 Å². The molecule has 2 rings (SSSR count). The zero-order valence-corrected chi connectivity index (χ0v) is 12.6. The number of benzene rings is 2. The number of anilines is 1. The second-order valence-electron chi connectivity index (χ2n) is 4.16. The maximum absolute atomic E-state index is 13.5. The van der Waals surface area contributed by atoms with E-state index in [1.165, 1.54) is 12.1 Å². The van der Waals surface area contributed by atoms with Gasteiger partial charge in [0.05, 0.1) is 15.1 Å². The van der Waals surface area contributed by atoms with Crippen LogP contribution in [-0.2, 0) is 0 Å². The van der Waals surface area contributed by atoms with Crippen molar-refractivity contribution in [3.05, 3.63) is 62.6 Å². The van der Waals surface area contributed by atoms with E-state index in [-0.39, 0.29) is 10.6 Å². The Morgan fingerprint density at radius 2 is 1.95 bits per heavy atom.